The summed E-state index contributed by atoms with van der Waals surface area (Å²) >= 11 is 0. The van der Waals surface area contributed by atoms with Crippen molar-refractivity contribution in [3.05, 3.63) is 71.3 Å². The van der Waals surface area contributed by atoms with Gasteiger partial charge in [-0.1, -0.05) is 25.1 Å². The lowest BCUT2D eigenvalue weighted by Crippen LogP contribution is -2.10. The summed E-state index contributed by atoms with van der Waals surface area (Å²) < 4.78 is 53.7. The van der Waals surface area contributed by atoms with E-state index in [-0.39, 0.29) is 29.6 Å². The molecular weight excluding hydrogens is 412 g/mol. The van der Waals surface area contributed by atoms with E-state index in [1.807, 2.05) is 0 Å². The molecule has 0 aliphatic rings. The van der Waals surface area contributed by atoms with E-state index in [1.165, 1.54) is 6.33 Å². The van der Waals surface area contributed by atoms with Crippen LogP contribution in [0.4, 0.5) is 35.1 Å². The van der Waals surface area contributed by atoms with Crippen LogP contribution in [0.2, 0.25) is 0 Å². The van der Waals surface area contributed by atoms with Crippen LogP contribution < -0.4 is 5.73 Å². The first-order valence-electron chi connectivity index (χ1n) is 9.23. The Hall–Kier alpha value is -3.69. The van der Waals surface area contributed by atoms with E-state index in [1.54, 1.807) is 38.1 Å². The average molecular weight is 430 g/mol. The van der Waals surface area contributed by atoms with Crippen LogP contribution in [-0.4, -0.2) is 26.4 Å². The van der Waals surface area contributed by atoms with Crippen molar-refractivity contribution in [3.8, 4) is 0 Å². The molecule has 3 rings (SSSR count). The highest BCUT2D eigenvalue weighted by Gasteiger charge is 2.31. The minimum atomic E-state index is -4.59. The van der Waals surface area contributed by atoms with Gasteiger partial charge >= 0.3 is 6.18 Å². The monoisotopic (exact) mass is 430 g/mol. The molecule has 2 N–H and O–H groups in total. The number of nitrogens with two attached hydrogens (primary N) is 1. The number of anilines is 1. The lowest BCUT2D eigenvalue weighted by molar-refractivity contribution is -0.137. The molecule has 0 unspecified atom stereocenters. The van der Waals surface area contributed by atoms with E-state index in [2.05, 4.69) is 24.9 Å². The van der Waals surface area contributed by atoms with Crippen LogP contribution in [0.25, 0.3) is 0 Å². The van der Waals surface area contributed by atoms with Crippen molar-refractivity contribution in [2.24, 2.45) is 9.98 Å². The average Bonchev–Trinajstić information content (AvgIpc) is 2.72. The van der Waals surface area contributed by atoms with Crippen LogP contribution >= 0.6 is 0 Å². The highest BCUT2D eigenvalue weighted by atomic mass is 19.4. The summed E-state index contributed by atoms with van der Waals surface area (Å²) in [5.74, 6) is -0.665. The lowest BCUT2D eigenvalue weighted by Gasteiger charge is -2.12. The largest absolute Gasteiger partial charge is 0.416 e. The van der Waals surface area contributed by atoms with E-state index in [4.69, 9.17) is 5.73 Å². The second kappa shape index (κ2) is 8.99. The summed E-state index contributed by atoms with van der Waals surface area (Å²) in [5.41, 5.74) is 6.06. The Morgan fingerprint density at radius 3 is 2.45 bits per heavy atom. The van der Waals surface area contributed by atoms with E-state index < -0.39 is 17.6 Å². The molecule has 0 amide bonds. The second-order valence-corrected chi connectivity index (χ2v) is 6.46. The van der Waals surface area contributed by atoms with Crippen molar-refractivity contribution in [1.82, 2.24) is 15.0 Å². The molecule has 3 aromatic rings. The molecule has 0 aliphatic carbocycles. The molecule has 0 fully saturated rings. The predicted octanol–water partition coefficient (Wildman–Crippen LogP) is 5.28. The zero-order valence-electron chi connectivity index (χ0n) is 16.7. The summed E-state index contributed by atoms with van der Waals surface area (Å²) in [7, 11) is 0. The highest BCUT2D eigenvalue weighted by Crippen LogP contribution is 2.31. The van der Waals surface area contributed by atoms with E-state index in [9.17, 15) is 17.6 Å². The molecule has 0 spiro atoms. The quantitative estimate of drug-likeness (QED) is 0.440. The summed E-state index contributed by atoms with van der Waals surface area (Å²) in [6, 6.07) is 9.15. The first-order valence-corrected chi connectivity index (χ1v) is 9.23. The van der Waals surface area contributed by atoms with E-state index >= 15 is 0 Å². The van der Waals surface area contributed by atoms with Crippen molar-refractivity contribution < 1.29 is 17.6 Å². The number of nitrogen functional groups attached to an aromatic ring is 1. The molecule has 2 aromatic carbocycles. The number of hydrogen-bond acceptors (Lipinski definition) is 6. The van der Waals surface area contributed by atoms with Gasteiger partial charge in [-0.3, -0.25) is 4.99 Å². The van der Waals surface area contributed by atoms with Crippen LogP contribution in [0, 0.1) is 5.82 Å². The number of aliphatic imine (C=N–C) groups is 2. The van der Waals surface area contributed by atoms with Gasteiger partial charge in [0.25, 0.3) is 5.95 Å². The standard InChI is InChI=1S/C21H18F4N6/c1-3-17(15-10-13(21(23,24)25)8-9-16(15)22)30-18-7-5-4-6-14(18)12(2)29-20-28-11-27-19(26)31-20/h4-11H,3H2,1-2H3,(H2,26,27,28,31). The third-order valence-electron chi connectivity index (χ3n) is 4.33. The minimum Gasteiger partial charge on any atom is -0.368 e. The van der Waals surface area contributed by atoms with Crippen LogP contribution in [0.5, 0.6) is 0 Å². The molecule has 0 saturated heterocycles. The number of para-hydroxylation sites is 1. The molecule has 0 aliphatic heterocycles. The third-order valence-corrected chi connectivity index (χ3v) is 4.33. The Balaban J connectivity index is 2.08. The number of hydrogen-bond donors (Lipinski definition) is 1. The molecular formula is C21H18F4N6. The first-order chi connectivity index (χ1) is 14.7. The van der Waals surface area contributed by atoms with Gasteiger partial charge in [-0.15, -0.1) is 0 Å². The Kier molecular flexibility index (Phi) is 6.38. The topological polar surface area (TPSA) is 89.4 Å². The lowest BCUT2D eigenvalue weighted by atomic mass is 10.0. The smallest absolute Gasteiger partial charge is 0.368 e. The fraction of sp³-hybridized carbons (Fsp3) is 0.190. The van der Waals surface area contributed by atoms with Crippen molar-refractivity contribution >= 4 is 29.0 Å². The number of benzene rings is 2. The highest BCUT2D eigenvalue weighted by molar-refractivity contribution is 6.07. The maximum Gasteiger partial charge on any atom is 0.416 e. The van der Waals surface area contributed by atoms with E-state index in [0.29, 0.717) is 23.0 Å². The summed E-state index contributed by atoms with van der Waals surface area (Å²) in [5, 5.41) is 0. The van der Waals surface area contributed by atoms with Crippen molar-refractivity contribution in [1.29, 1.82) is 0 Å². The van der Waals surface area contributed by atoms with Crippen molar-refractivity contribution in [2.45, 2.75) is 26.4 Å². The summed E-state index contributed by atoms with van der Waals surface area (Å²) in [6.45, 7) is 3.39. The Morgan fingerprint density at radius 2 is 1.77 bits per heavy atom. The van der Waals surface area contributed by atoms with Crippen molar-refractivity contribution in [2.75, 3.05) is 5.73 Å². The normalized spacial score (nSPS) is 12.8. The zero-order valence-corrected chi connectivity index (χ0v) is 16.7. The number of halogens is 4. The van der Waals surface area contributed by atoms with Gasteiger partial charge in [0.05, 0.1) is 22.7 Å². The van der Waals surface area contributed by atoms with Gasteiger partial charge in [0, 0.05) is 11.1 Å². The summed E-state index contributed by atoms with van der Waals surface area (Å²) in [4.78, 5) is 20.3. The number of alkyl halides is 3. The SMILES string of the molecule is CCC(=Nc1ccccc1C(C)=Nc1ncnc(N)n1)c1cc(C(F)(F)F)ccc1F. The molecule has 31 heavy (non-hydrogen) atoms. The van der Waals surface area contributed by atoms with Gasteiger partial charge in [-0.2, -0.15) is 23.1 Å². The molecule has 0 radical (unpaired) electrons. The van der Waals surface area contributed by atoms with Gasteiger partial charge in [-0.25, -0.2) is 14.4 Å². The van der Waals surface area contributed by atoms with Crippen LogP contribution in [0.3, 0.4) is 0 Å². The van der Waals surface area contributed by atoms with Crippen LogP contribution in [-0.2, 0) is 6.18 Å². The second-order valence-electron chi connectivity index (χ2n) is 6.46. The van der Waals surface area contributed by atoms with Gasteiger partial charge in [0.1, 0.15) is 12.1 Å². The maximum atomic E-state index is 14.4. The van der Waals surface area contributed by atoms with Crippen LogP contribution in [0.1, 0.15) is 37.0 Å². The molecule has 1 heterocycles. The maximum absolute atomic E-state index is 14.4. The fourth-order valence-corrected chi connectivity index (χ4v) is 2.84. The van der Waals surface area contributed by atoms with Crippen LogP contribution in [0.15, 0.2) is 58.8 Å². The fourth-order valence-electron chi connectivity index (χ4n) is 2.84. The molecule has 10 heteroatoms. The first kappa shape index (κ1) is 22.0. The summed E-state index contributed by atoms with van der Waals surface area (Å²) in [6.07, 6.45) is -3.15. The molecule has 1 aromatic heterocycles. The predicted molar refractivity (Wildman–Crippen MR) is 110 cm³/mol. The minimum absolute atomic E-state index is 0.0150. The Bertz CT molecular complexity index is 1150. The molecule has 160 valence electrons. The van der Waals surface area contributed by atoms with E-state index in [0.717, 1.165) is 12.1 Å². The number of aromatic nitrogens is 3. The van der Waals surface area contributed by atoms with Gasteiger partial charge in [-0.05, 0) is 37.6 Å². The zero-order chi connectivity index (χ0) is 22.6. The van der Waals surface area contributed by atoms with Gasteiger partial charge in [0.15, 0.2) is 0 Å². The third kappa shape index (κ3) is 5.27. The Morgan fingerprint density at radius 1 is 1.03 bits per heavy atom. The molecule has 0 bridgehead atoms. The van der Waals surface area contributed by atoms with Gasteiger partial charge < -0.3 is 5.73 Å². The van der Waals surface area contributed by atoms with Gasteiger partial charge in [0.2, 0.25) is 5.95 Å². The molecule has 0 atom stereocenters. The Labute approximate surface area is 175 Å². The molecule has 0 saturated carbocycles. The number of rotatable bonds is 5. The number of nitrogens with zero attached hydrogens (tertiary/aromatic N) is 5. The molecule has 6 nitrogen and oxygen atoms in total. The van der Waals surface area contributed by atoms with Crippen molar-refractivity contribution in [3.63, 3.8) is 0 Å².